The zero-order valence-corrected chi connectivity index (χ0v) is 14.4. The highest BCUT2D eigenvalue weighted by molar-refractivity contribution is 6.39. The Bertz CT molecular complexity index is 1210. The number of hydrogen-bond acceptors (Lipinski definition) is 4. The molecule has 1 atom stereocenters. The van der Waals surface area contributed by atoms with E-state index < -0.39 is 0 Å². The molecule has 6 nitrogen and oxygen atoms in total. The van der Waals surface area contributed by atoms with Crippen LogP contribution in [0.5, 0.6) is 0 Å². The average molecular weight is 337 g/mol. The number of rotatable bonds is 1. The molecular formula is C19H14BN6. The molecule has 1 aliphatic carbocycles. The van der Waals surface area contributed by atoms with E-state index in [0.29, 0.717) is 0 Å². The molecule has 0 unspecified atom stereocenters. The maximum Gasteiger partial charge on any atom is 0.150 e. The van der Waals surface area contributed by atoms with Gasteiger partial charge in [-0.2, -0.15) is 15.4 Å². The Morgan fingerprint density at radius 3 is 2.38 bits per heavy atom. The molecule has 0 bridgehead atoms. The van der Waals surface area contributed by atoms with Crippen LogP contribution in [0.2, 0.25) is 6.82 Å². The fraction of sp³-hybridized carbons (Fsp3) is 0.158. The van der Waals surface area contributed by atoms with Crippen LogP contribution in [0, 0.1) is 0 Å². The van der Waals surface area contributed by atoms with E-state index in [1.54, 1.807) is 0 Å². The molecule has 0 saturated heterocycles. The number of hydrogen-bond donors (Lipinski definition) is 1. The van der Waals surface area contributed by atoms with Crippen LogP contribution in [-0.2, 0) is 5.44 Å². The third kappa shape index (κ3) is 1.42. The van der Waals surface area contributed by atoms with Gasteiger partial charge < -0.3 is 0 Å². The van der Waals surface area contributed by atoms with Gasteiger partial charge >= 0.3 is 0 Å². The number of benzene rings is 2. The second kappa shape index (κ2) is 4.49. The van der Waals surface area contributed by atoms with Crippen molar-refractivity contribution in [2.75, 3.05) is 0 Å². The number of nitrogens with one attached hydrogen (secondary N) is 1. The first-order valence-electron chi connectivity index (χ1n) is 8.65. The molecule has 123 valence electrons. The van der Waals surface area contributed by atoms with Crippen LogP contribution in [0.15, 0.2) is 42.5 Å². The quantitative estimate of drug-likeness (QED) is 0.477. The third-order valence-corrected chi connectivity index (χ3v) is 5.76. The molecule has 0 amide bonds. The Morgan fingerprint density at radius 1 is 0.923 bits per heavy atom. The van der Waals surface area contributed by atoms with Gasteiger partial charge in [-0.1, -0.05) is 54.5 Å². The maximum atomic E-state index is 4.58. The Labute approximate surface area is 150 Å². The van der Waals surface area contributed by atoms with Gasteiger partial charge in [0.05, 0.1) is 11.1 Å². The van der Waals surface area contributed by atoms with Gasteiger partial charge in [-0.05, 0) is 12.5 Å². The molecule has 4 aromatic rings. The third-order valence-electron chi connectivity index (χ3n) is 5.76. The summed E-state index contributed by atoms with van der Waals surface area (Å²) >= 11 is 0. The predicted molar refractivity (Wildman–Crippen MR) is 99.6 cm³/mol. The van der Waals surface area contributed by atoms with E-state index in [9.17, 15) is 0 Å². The first-order chi connectivity index (χ1) is 12.7. The lowest BCUT2D eigenvalue weighted by Gasteiger charge is -2.24. The molecule has 1 radical (unpaired) electrons. The summed E-state index contributed by atoms with van der Waals surface area (Å²) in [6.07, 6.45) is 0. The zero-order chi connectivity index (χ0) is 17.5. The molecule has 3 heterocycles. The molecule has 0 fully saturated rings. The molecule has 2 aromatic heterocycles. The Morgan fingerprint density at radius 2 is 1.62 bits per heavy atom. The lowest BCUT2D eigenvalue weighted by atomic mass is 9.58. The molecule has 2 aromatic carbocycles. The van der Waals surface area contributed by atoms with Crippen LogP contribution in [0.4, 0.5) is 0 Å². The highest BCUT2D eigenvalue weighted by Gasteiger charge is 2.44. The van der Waals surface area contributed by atoms with E-state index in [1.165, 1.54) is 5.56 Å². The van der Waals surface area contributed by atoms with E-state index in [2.05, 4.69) is 77.1 Å². The lowest BCUT2D eigenvalue weighted by molar-refractivity contribution is 0.501. The topological polar surface area (TPSA) is 72.3 Å². The zero-order valence-electron chi connectivity index (χ0n) is 14.4. The van der Waals surface area contributed by atoms with Crippen molar-refractivity contribution in [3.63, 3.8) is 0 Å². The van der Waals surface area contributed by atoms with E-state index in [0.717, 1.165) is 45.0 Å². The van der Waals surface area contributed by atoms with Crippen molar-refractivity contribution in [3.05, 3.63) is 48.0 Å². The monoisotopic (exact) mass is 337 g/mol. The smallest absolute Gasteiger partial charge is 0.150 e. The molecule has 7 heteroatoms. The minimum absolute atomic E-state index is 0.338. The fourth-order valence-electron chi connectivity index (χ4n) is 4.33. The van der Waals surface area contributed by atoms with Gasteiger partial charge in [0, 0.05) is 22.3 Å². The van der Waals surface area contributed by atoms with Crippen LogP contribution in [0.25, 0.3) is 45.0 Å². The SMILES string of the molecule is C[B][C@]1(C)c2cccc3c2-c2c(nnn21)-c1ccccc1-c1n[nH]nc1-3. The predicted octanol–water partition coefficient (Wildman–Crippen LogP) is 3.16. The van der Waals surface area contributed by atoms with Crippen molar-refractivity contribution in [2.24, 2.45) is 0 Å². The Kier molecular flexibility index (Phi) is 2.42. The highest BCUT2D eigenvalue weighted by Crippen LogP contribution is 2.53. The standard InChI is InChI=1S/C19H14BN6/c1-19(20-2)13-9-5-8-12-14(13)18-17(23-25-26(18)19)11-7-4-3-6-10(11)15-16(12)22-24-21-15/h3-9H,1-2H3,(H,21,22,24)/t19-/m0/s1. The Hall–Kier alpha value is -3.22. The van der Waals surface area contributed by atoms with Gasteiger partial charge in [0.1, 0.15) is 24.4 Å². The summed E-state index contributed by atoms with van der Waals surface area (Å²) in [5.41, 5.74) is 8.82. The molecule has 26 heavy (non-hydrogen) atoms. The van der Waals surface area contributed by atoms with Crippen LogP contribution in [0.1, 0.15) is 12.5 Å². The van der Waals surface area contributed by atoms with Crippen molar-refractivity contribution < 1.29 is 0 Å². The van der Waals surface area contributed by atoms with Gasteiger partial charge in [0.25, 0.3) is 0 Å². The minimum atomic E-state index is -0.338. The van der Waals surface area contributed by atoms with Gasteiger partial charge in [-0.3, -0.25) is 0 Å². The molecule has 0 saturated carbocycles. The normalized spacial score (nSPS) is 18.5. The number of fused-ring (bicyclic) bond motifs is 5. The maximum absolute atomic E-state index is 4.58. The summed E-state index contributed by atoms with van der Waals surface area (Å²) in [4.78, 5) is 0. The Balaban J connectivity index is 1.87. The molecule has 6 rings (SSSR count). The fourth-order valence-corrected chi connectivity index (χ4v) is 4.33. The minimum Gasteiger partial charge on any atom is -0.242 e. The van der Waals surface area contributed by atoms with Crippen molar-refractivity contribution in [1.82, 2.24) is 30.4 Å². The largest absolute Gasteiger partial charge is 0.242 e. The molecular weight excluding hydrogens is 323 g/mol. The van der Waals surface area contributed by atoms with Gasteiger partial charge in [-0.15, -0.1) is 5.10 Å². The summed E-state index contributed by atoms with van der Waals surface area (Å²) in [5.74, 6) is 0. The van der Waals surface area contributed by atoms with Crippen LogP contribution in [0.3, 0.4) is 0 Å². The van der Waals surface area contributed by atoms with Crippen LogP contribution < -0.4 is 0 Å². The highest BCUT2D eigenvalue weighted by atomic mass is 15.5. The van der Waals surface area contributed by atoms with E-state index in [4.69, 9.17) is 0 Å². The number of nitrogens with zero attached hydrogens (tertiary/aromatic N) is 5. The van der Waals surface area contributed by atoms with E-state index >= 15 is 0 Å². The summed E-state index contributed by atoms with van der Waals surface area (Å²) in [6.45, 7) is 4.25. The summed E-state index contributed by atoms with van der Waals surface area (Å²) in [6, 6.07) is 14.6. The van der Waals surface area contributed by atoms with Gasteiger partial charge in [-0.25, -0.2) is 4.68 Å². The second-order valence-corrected chi connectivity index (χ2v) is 6.93. The van der Waals surface area contributed by atoms with Gasteiger partial charge in [0.2, 0.25) is 0 Å². The van der Waals surface area contributed by atoms with Crippen LogP contribution in [-0.4, -0.2) is 37.7 Å². The van der Waals surface area contributed by atoms with Crippen molar-refractivity contribution >= 4 is 7.28 Å². The van der Waals surface area contributed by atoms with E-state index in [1.807, 2.05) is 16.8 Å². The van der Waals surface area contributed by atoms with Crippen LogP contribution >= 0.6 is 0 Å². The summed E-state index contributed by atoms with van der Waals surface area (Å²) < 4.78 is 2.04. The number of aromatic nitrogens is 6. The summed E-state index contributed by atoms with van der Waals surface area (Å²) in [5, 5.41) is 20.9. The number of H-pyrrole nitrogens is 1. The first kappa shape index (κ1) is 14.0. The second-order valence-electron chi connectivity index (χ2n) is 6.93. The first-order valence-corrected chi connectivity index (χ1v) is 8.65. The van der Waals surface area contributed by atoms with Gasteiger partial charge in [0.15, 0.2) is 0 Å². The molecule has 2 aliphatic rings. The van der Waals surface area contributed by atoms with Crippen molar-refractivity contribution in [3.8, 4) is 45.0 Å². The van der Waals surface area contributed by atoms with Crippen molar-refractivity contribution in [2.45, 2.75) is 19.2 Å². The molecule has 1 N–H and O–H groups in total. The molecule has 0 spiro atoms. The number of aromatic amines is 1. The van der Waals surface area contributed by atoms with E-state index in [-0.39, 0.29) is 5.44 Å². The van der Waals surface area contributed by atoms with Crippen molar-refractivity contribution in [1.29, 1.82) is 0 Å². The lowest BCUT2D eigenvalue weighted by Crippen LogP contribution is -2.34. The summed E-state index contributed by atoms with van der Waals surface area (Å²) in [7, 11) is 2.18. The average Bonchev–Trinajstić information content (AvgIpc) is 3.37. The molecule has 1 aliphatic heterocycles.